The summed E-state index contributed by atoms with van der Waals surface area (Å²) in [6.45, 7) is 11.4. The SMILES string of the molecule is CCC(CC)(CO)CC(C)(C)C. The van der Waals surface area contributed by atoms with E-state index in [0.29, 0.717) is 12.0 Å². The Labute approximate surface area is 77.2 Å². The zero-order valence-electron chi connectivity index (χ0n) is 9.28. The number of aliphatic hydroxyl groups is 1. The van der Waals surface area contributed by atoms with E-state index < -0.39 is 0 Å². The smallest absolute Gasteiger partial charge is 0.0487 e. The minimum Gasteiger partial charge on any atom is -0.396 e. The van der Waals surface area contributed by atoms with E-state index in [-0.39, 0.29) is 5.41 Å². The molecule has 1 N–H and O–H groups in total. The van der Waals surface area contributed by atoms with Crippen LogP contribution in [0.5, 0.6) is 0 Å². The van der Waals surface area contributed by atoms with Crippen molar-refractivity contribution in [3.8, 4) is 0 Å². The molecule has 1 nitrogen and oxygen atoms in total. The summed E-state index contributed by atoms with van der Waals surface area (Å²) in [5, 5.41) is 9.34. The third-order valence-corrected chi connectivity index (χ3v) is 2.74. The Morgan fingerprint density at radius 3 is 1.50 bits per heavy atom. The van der Waals surface area contributed by atoms with E-state index in [1.54, 1.807) is 0 Å². The second-order valence-electron chi connectivity index (χ2n) is 5.10. The molecule has 0 fully saturated rings. The molecule has 0 aromatic rings. The number of hydrogen-bond donors (Lipinski definition) is 1. The summed E-state index contributed by atoms with van der Waals surface area (Å²) < 4.78 is 0. The van der Waals surface area contributed by atoms with Gasteiger partial charge in [-0.05, 0) is 30.1 Å². The van der Waals surface area contributed by atoms with Gasteiger partial charge in [-0.25, -0.2) is 0 Å². The maximum Gasteiger partial charge on any atom is 0.0487 e. The van der Waals surface area contributed by atoms with Crippen molar-refractivity contribution in [1.82, 2.24) is 0 Å². The quantitative estimate of drug-likeness (QED) is 0.690. The Hall–Kier alpha value is -0.0400. The van der Waals surface area contributed by atoms with Gasteiger partial charge in [0.2, 0.25) is 0 Å². The Morgan fingerprint density at radius 2 is 1.42 bits per heavy atom. The summed E-state index contributed by atoms with van der Waals surface area (Å²) in [5.74, 6) is 0. The Bertz CT molecular complexity index is 109. The maximum atomic E-state index is 9.34. The number of aliphatic hydroxyl groups excluding tert-OH is 1. The van der Waals surface area contributed by atoms with E-state index in [1.807, 2.05) is 0 Å². The van der Waals surface area contributed by atoms with Crippen molar-refractivity contribution >= 4 is 0 Å². The molecule has 0 radical (unpaired) electrons. The summed E-state index contributed by atoms with van der Waals surface area (Å²) in [6, 6.07) is 0. The van der Waals surface area contributed by atoms with E-state index >= 15 is 0 Å². The first-order valence-electron chi connectivity index (χ1n) is 5.00. The molecule has 1 heteroatoms. The van der Waals surface area contributed by atoms with Crippen LogP contribution in [0.2, 0.25) is 0 Å². The van der Waals surface area contributed by atoms with Gasteiger partial charge in [-0.2, -0.15) is 0 Å². The van der Waals surface area contributed by atoms with Crippen LogP contribution in [0, 0.1) is 10.8 Å². The van der Waals surface area contributed by atoms with Crippen LogP contribution in [0.25, 0.3) is 0 Å². The van der Waals surface area contributed by atoms with Crippen molar-refractivity contribution in [1.29, 1.82) is 0 Å². The molecule has 0 bridgehead atoms. The highest BCUT2D eigenvalue weighted by atomic mass is 16.3. The summed E-state index contributed by atoms with van der Waals surface area (Å²) >= 11 is 0. The van der Waals surface area contributed by atoms with Crippen LogP contribution in [0.15, 0.2) is 0 Å². The van der Waals surface area contributed by atoms with Gasteiger partial charge in [-0.3, -0.25) is 0 Å². The molecule has 0 aromatic heterocycles. The molecule has 0 spiro atoms. The van der Waals surface area contributed by atoms with Crippen molar-refractivity contribution in [3.63, 3.8) is 0 Å². The molecule has 0 unspecified atom stereocenters. The summed E-state index contributed by atoms with van der Waals surface area (Å²) in [5.41, 5.74) is 0.493. The Balaban J connectivity index is 4.30. The van der Waals surface area contributed by atoms with Gasteiger partial charge in [0, 0.05) is 6.61 Å². The van der Waals surface area contributed by atoms with Crippen LogP contribution in [0.3, 0.4) is 0 Å². The summed E-state index contributed by atoms with van der Waals surface area (Å²) in [4.78, 5) is 0. The second kappa shape index (κ2) is 4.27. The molecule has 12 heavy (non-hydrogen) atoms. The first-order chi connectivity index (χ1) is 5.39. The van der Waals surface area contributed by atoms with Crippen LogP contribution in [0.4, 0.5) is 0 Å². The molecule has 0 saturated carbocycles. The lowest BCUT2D eigenvalue weighted by atomic mass is 9.71. The number of hydrogen-bond acceptors (Lipinski definition) is 1. The summed E-state index contributed by atoms with van der Waals surface area (Å²) in [6.07, 6.45) is 3.28. The second-order valence-corrected chi connectivity index (χ2v) is 5.10. The predicted molar refractivity (Wildman–Crippen MR) is 54.2 cm³/mol. The van der Waals surface area contributed by atoms with Gasteiger partial charge in [0.05, 0.1) is 0 Å². The fourth-order valence-corrected chi connectivity index (χ4v) is 1.90. The first kappa shape index (κ1) is 12.0. The van der Waals surface area contributed by atoms with Crippen LogP contribution in [-0.4, -0.2) is 11.7 Å². The van der Waals surface area contributed by atoms with Gasteiger partial charge >= 0.3 is 0 Å². The third kappa shape index (κ3) is 3.57. The van der Waals surface area contributed by atoms with Crippen LogP contribution < -0.4 is 0 Å². The average molecular weight is 172 g/mol. The van der Waals surface area contributed by atoms with Crippen LogP contribution in [-0.2, 0) is 0 Å². The topological polar surface area (TPSA) is 20.2 Å². The highest BCUT2D eigenvalue weighted by Crippen LogP contribution is 2.38. The molecular formula is C11H24O. The molecule has 0 heterocycles. The maximum absolute atomic E-state index is 9.34. The zero-order valence-corrected chi connectivity index (χ0v) is 9.28. The van der Waals surface area contributed by atoms with Crippen LogP contribution in [0.1, 0.15) is 53.9 Å². The normalized spacial score (nSPS) is 13.5. The molecule has 0 aliphatic carbocycles. The fraction of sp³-hybridized carbons (Fsp3) is 1.00. The predicted octanol–water partition coefficient (Wildman–Crippen LogP) is 3.22. The monoisotopic (exact) mass is 172 g/mol. The van der Waals surface area contributed by atoms with E-state index in [4.69, 9.17) is 0 Å². The van der Waals surface area contributed by atoms with Crippen molar-refractivity contribution in [3.05, 3.63) is 0 Å². The summed E-state index contributed by atoms with van der Waals surface area (Å²) in [7, 11) is 0. The van der Waals surface area contributed by atoms with Gasteiger partial charge in [-0.15, -0.1) is 0 Å². The average Bonchev–Trinajstić information content (AvgIpc) is 1.99. The fourth-order valence-electron chi connectivity index (χ4n) is 1.90. The highest BCUT2D eigenvalue weighted by molar-refractivity contribution is 4.81. The van der Waals surface area contributed by atoms with Crippen molar-refractivity contribution in [2.75, 3.05) is 6.61 Å². The molecule has 74 valence electrons. The van der Waals surface area contributed by atoms with Gasteiger partial charge in [-0.1, -0.05) is 34.6 Å². The van der Waals surface area contributed by atoms with Crippen molar-refractivity contribution < 1.29 is 5.11 Å². The Morgan fingerprint density at radius 1 is 1.00 bits per heavy atom. The van der Waals surface area contributed by atoms with Gasteiger partial charge in [0.25, 0.3) is 0 Å². The molecule has 0 aliphatic rings. The van der Waals surface area contributed by atoms with Gasteiger partial charge in [0.15, 0.2) is 0 Å². The third-order valence-electron chi connectivity index (χ3n) is 2.74. The molecule has 0 saturated heterocycles. The minimum absolute atomic E-state index is 0.165. The minimum atomic E-state index is 0.165. The molecule has 0 atom stereocenters. The molecule has 0 amide bonds. The number of rotatable bonds is 4. The Kier molecular flexibility index (Phi) is 4.25. The van der Waals surface area contributed by atoms with E-state index in [1.165, 1.54) is 0 Å². The van der Waals surface area contributed by atoms with Crippen LogP contribution >= 0.6 is 0 Å². The van der Waals surface area contributed by atoms with E-state index in [0.717, 1.165) is 19.3 Å². The van der Waals surface area contributed by atoms with E-state index in [9.17, 15) is 5.11 Å². The van der Waals surface area contributed by atoms with E-state index in [2.05, 4.69) is 34.6 Å². The van der Waals surface area contributed by atoms with Gasteiger partial charge < -0.3 is 5.11 Å². The lowest BCUT2D eigenvalue weighted by molar-refractivity contribution is 0.0687. The largest absolute Gasteiger partial charge is 0.396 e. The van der Waals surface area contributed by atoms with Gasteiger partial charge in [0.1, 0.15) is 0 Å². The zero-order chi connectivity index (χ0) is 9.83. The standard InChI is InChI=1S/C11H24O/c1-6-11(7-2,9-12)8-10(3,4)5/h12H,6-9H2,1-5H3. The molecular weight excluding hydrogens is 148 g/mol. The lowest BCUT2D eigenvalue weighted by Crippen LogP contribution is -2.29. The molecule has 0 rings (SSSR count). The lowest BCUT2D eigenvalue weighted by Gasteiger charge is -2.35. The first-order valence-corrected chi connectivity index (χ1v) is 5.00. The highest BCUT2D eigenvalue weighted by Gasteiger charge is 2.30. The van der Waals surface area contributed by atoms with Crippen molar-refractivity contribution in [2.45, 2.75) is 53.9 Å². The van der Waals surface area contributed by atoms with Crippen molar-refractivity contribution in [2.24, 2.45) is 10.8 Å². The molecule has 0 aromatic carbocycles. The molecule has 0 aliphatic heterocycles.